The van der Waals surface area contributed by atoms with Gasteiger partial charge in [-0.2, -0.15) is 0 Å². The summed E-state index contributed by atoms with van der Waals surface area (Å²) < 4.78 is 26.0. The smallest absolute Gasteiger partial charge is 0.233 e. The van der Waals surface area contributed by atoms with Crippen LogP contribution < -0.4 is 16.4 Å². The second-order valence-electron chi connectivity index (χ2n) is 10.7. The molecule has 0 aromatic heterocycles. The van der Waals surface area contributed by atoms with Crippen LogP contribution in [0.15, 0.2) is 65.6 Å². The number of carbonyl (C=O) groups excluding carboxylic acids is 2. The highest BCUT2D eigenvalue weighted by molar-refractivity contribution is 7.92. The molecular weight excluding hydrogens is 498 g/mol. The number of amides is 1. The number of sulfone groups is 1. The lowest BCUT2D eigenvalue weighted by atomic mass is 9.91. The Morgan fingerprint density at radius 1 is 0.974 bits per heavy atom. The summed E-state index contributed by atoms with van der Waals surface area (Å²) in [5.74, 6) is -0.464. The van der Waals surface area contributed by atoms with Crippen LogP contribution in [0.4, 0.5) is 5.69 Å². The van der Waals surface area contributed by atoms with Crippen LogP contribution in [0.1, 0.15) is 63.4 Å². The van der Waals surface area contributed by atoms with E-state index in [1.165, 1.54) is 12.1 Å². The Morgan fingerprint density at radius 3 is 2.24 bits per heavy atom. The topological polar surface area (TPSA) is 124 Å². The van der Waals surface area contributed by atoms with Crippen molar-refractivity contribution in [2.75, 3.05) is 11.4 Å². The monoisotopic (exact) mass is 537 g/mol. The van der Waals surface area contributed by atoms with Crippen LogP contribution in [0.2, 0.25) is 0 Å². The number of hydrogen-bond acceptors (Lipinski definition) is 6. The minimum absolute atomic E-state index is 0.102. The normalized spacial score (nSPS) is 13.8. The summed E-state index contributed by atoms with van der Waals surface area (Å²) in [4.78, 5) is 29.1. The van der Waals surface area contributed by atoms with Crippen molar-refractivity contribution in [1.82, 2.24) is 0 Å². The van der Waals surface area contributed by atoms with Crippen molar-refractivity contribution in [2.24, 2.45) is 16.9 Å². The van der Waals surface area contributed by atoms with Crippen molar-refractivity contribution in [1.29, 1.82) is 0 Å². The Morgan fingerprint density at radius 2 is 1.63 bits per heavy atom. The number of nitrogens with two attached hydrogens (primary N) is 2. The Bertz CT molecular complexity index is 1430. The lowest BCUT2D eigenvalue weighted by Crippen LogP contribution is -2.48. The molecule has 0 fully saturated rings. The van der Waals surface area contributed by atoms with E-state index in [4.69, 9.17) is 11.5 Å². The maximum absolute atomic E-state index is 13.8. The second kappa shape index (κ2) is 11.8. The number of nitrogens with zero attached hydrogens (tertiary/aromatic N) is 1. The summed E-state index contributed by atoms with van der Waals surface area (Å²) in [5.41, 5.74) is 12.1. The average Bonchev–Trinajstić information content (AvgIpc) is 2.90. The summed E-state index contributed by atoms with van der Waals surface area (Å²) in [6, 6.07) is 17.3. The van der Waals surface area contributed by atoms with E-state index < -0.39 is 26.7 Å². The molecular formula is C30H39N3O4S. The Hall–Kier alpha value is -3.07. The number of benzene rings is 3. The largest absolute Gasteiger partial charge is 0.328 e. The van der Waals surface area contributed by atoms with Crippen molar-refractivity contribution in [3.63, 3.8) is 0 Å². The van der Waals surface area contributed by atoms with Gasteiger partial charge in [-0.25, -0.2) is 8.42 Å². The van der Waals surface area contributed by atoms with Gasteiger partial charge in [-0.05, 0) is 60.4 Å². The summed E-state index contributed by atoms with van der Waals surface area (Å²) in [5, 5.41) is 0.770. The Kier molecular flexibility index (Phi) is 9.13. The van der Waals surface area contributed by atoms with Crippen LogP contribution in [-0.2, 0) is 21.1 Å². The fourth-order valence-electron chi connectivity index (χ4n) is 4.43. The highest BCUT2D eigenvalue weighted by Gasteiger charge is 2.35. The number of unbranched alkanes of at least 4 members (excludes halogenated alkanes) is 1. The van der Waals surface area contributed by atoms with Crippen LogP contribution in [0.5, 0.6) is 0 Å². The van der Waals surface area contributed by atoms with E-state index in [1.54, 1.807) is 17.9 Å². The van der Waals surface area contributed by atoms with Gasteiger partial charge in [0.1, 0.15) is 5.37 Å². The number of Topliss-reactive ketones (excluding diaryl/α,β-unsaturated/α-hetero) is 1. The molecule has 204 valence electrons. The molecule has 4 N–H and O–H groups in total. The molecule has 38 heavy (non-hydrogen) atoms. The van der Waals surface area contributed by atoms with Crippen LogP contribution in [0, 0.1) is 5.41 Å². The standard InChI is InChI=1S/C30H39N3O4S/c1-6-7-10-23-17-24(14-16-26(23)38(36,37)27(32)19-31)28(34)20(2)33(29(35)30(3,4)5)25-15-13-21-11-8-9-12-22(21)18-25/h8-9,11-18,20,27H,6-7,10,19,31-32H2,1-5H3. The van der Waals surface area contributed by atoms with E-state index in [2.05, 4.69) is 0 Å². The first-order valence-corrected chi connectivity index (χ1v) is 14.6. The van der Waals surface area contributed by atoms with Crippen molar-refractivity contribution in [2.45, 2.75) is 70.2 Å². The van der Waals surface area contributed by atoms with Gasteiger partial charge >= 0.3 is 0 Å². The molecule has 0 aliphatic heterocycles. The van der Waals surface area contributed by atoms with E-state index in [-0.39, 0.29) is 23.1 Å². The van der Waals surface area contributed by atoms with Crippen LogP contribution >= 0.6 is 0 Å². The molecule has 0 heterocycles. The van der Waals surface area contributed by atoms with Gasteiger partial charge < -0.3 is 16.4 Å². The van der Waals surface area contributed by atoms with Gasteiger partial charge in [0.05, 0.1) is 10.9 Å². The van der Waals surface area contributed by atoms with Crippen molar-refractivity contribution < 1.29 is 18.0 Å². The SMILES string of the molecule is CCCCc1cc(C(=O)C(C)N(C(=O)C(C)(C)C)c2ccc3ccccc3c2)ccc1S(=O)(=O)C(N)CN. The van der Waals surface area contributed by atoms with Gasteiger partial charge in [0.15, 0.2) is 15.6 Å². The van der Waals surface area contributed by atoms with Crippen LogP contribution in [-0.4, -0.2) is 38.1 Å². The summed E-state index contributed by atoms with van der Waals surface area (Å²) in [7, 11) is -3.85. The zero-order valence-corrected chi connectivity index (χ0v) is 23.7. The van der Waals surface area contributed by atoms with Crippen LogP contribution in [0.25, 0.3) is 10.8 Å². The zero-order valence-electron chi connectivity index (χ0n) is 22.9. The van der Waals surface area contributed by atoms with Gasteiger partial charge in [0, 0.05) is 23.2 Å². The third kappa shape index (κ3) is 6.14. The number of anilines is 1. The highest BCUT2D eigenvalue weighted by atomic mass is 32.2. The number of hydrogen-bond donors (Lipinski definition) is 2. The van der Waals surface area contributed by atoms with Gasteiger partial charge in [-0.3, -0.25) is 9.59 Å². The van der Waals surface area contributed by atoms with E-state index in [0.29, 0.717) is 23.2 Å². The minimum Gasteiger partial charge on any atom is -0.328 e. The molecule has 0 spiro atoms. The molecule has 7 nitrogen and oxygen atoms in total. The quantitative estimate of drug-likeness (QED) is 0.356. The zero-order chi connectivity index (χ0) is 28.3. The Labute approximate surface area is 226 Å². The van der Waals surface area contributed by atoms with E-state index in [1.807, 2.05) is 70.2 Å². The molecule has 0 saturated carbocycles. The maximum atomic E-state index is 13.8. The third-order valence-corrected chi connectivity index (χ3v) is 8.72. The summed E-state index contributed by atoms with van der Waals surface area (Å²) in [6.07, 6.45) is 2.08. The minimum atomic E-state index is -3.85. The van der Waals surface area contributed by atoms with Crippen molar-refractivity contribution in [3.05, 3.63) is 71.8 Å². The fraction of sp³-hybridized carbons (Fsp3) is 0.400. The predicted octanol–water partition coefficient (Wildman–Crippen LogP) is 4.85. The third-order valence-electron chi connectivity index (χ3n) is 6.72. The number of carbonyl (C=O) groups is 2. The molecule has 0 saturated heterocycles. The molecule has 0 aliphatic carbocycles. The fourth-order valence-corrected chi connectivity index (χ4v) is 5.79. The maximum Gasteiger partial charge on any atom is 0.233 e. The van der Waals surface area contributed by atoms with Gasteiger partial charge in [0.25, 0.3) is 0 Å². The predicted molar refractivity (Wildman–Crippen MR) is 154 cm³/mol. The molecule has 2 atom stereocenters. The molecule has 2 unspecified atom stereocenters. The van der Waals surface area contributed by atoms with E-state index in [9.17, 15) is 18.0 Å². The summed E-state index contributed by atoms with van der Waals surface area (Å²) >= 11 is 0. The molecule has 0 aliphatic rings. The molecule has 0 radical (unpaired) electrons. The van der Waals surface area contributed by atoms with E-state index in [0.717, 1.165) is 23.6 Å². The number of fused-ring (bicyclic) bond motifs is 1. The summed E-state index contributed by atoms with van der Waals surface area (Å²) in [6.45, 7) is 8.98. The molecule has 1 amide bonds. The van der Waals surface area contributed by atoms with Gasteiger partial charge in [-0.15, -0.1) is 0 Å². The number of aryl methyl sites for hydroxylation is 1. The molecule has 8 heteroatoms. The van der Waals surface area contributed by atoms with E-state index >= 15 is 0 Å². The average molecular weight is 538 g/mol. The highest BCUT2D eigenvalue weighted by Crippen LogP contribution is 2.30. The lowest BCUT2D eigenvalue weighted by Gasteiger charge is -2.34. The van der Waals surface area contributed by atoms with Gasteiger partial charge in [0.2, 0.25) is 5.91 Å². The number of rotatable bonds is 10. The first-order chi connectivity index (χ1) is 17.8. The van der Waals surface area contributed by atoms with Gasteiger partial charge in [-0.1, -0.05) is 70.5 Å². The lowest BCUT2D eigenvalue weighted by molar-refractivity contribution is -0.126. The van der Waals surface area contributed by atoms with Crippen LogP contribution in [0.3, 0.4) is 0 Å². The first kappa shape index (κ1) is 29.5. The van der Waals surface area contributed by atoms with Crippen molar-refractivity contribution in [3.8, 4) is 0 Å². The number of ketones is 1. The second-order valence-corrected chi connectivity index (χ2v) is 12.9. The van der Waals surface area contributed by atoms with Crippen molar-refractivity contribution >= 4 is 38.0 Å². The first-order valence-electron chi connectivity index (χ1n) is 13.0. The molecule has 3 aromatic carbocycles. The Balaban J connectivity index is 2.09. The molecule has 3 rings (SSSR count). The molecule has 3 aromatic rings. The molecule has 0 bridgehead atoms.